The molecule has 17 heavy (non-hydrogen) atoms. The lowest BCUT2D eigenvalue weighted by molar-refractivity contribution is -0.137. The summed E-state index contributed by atoms with van der Waals surface area (Å²) >= 11 is 0. The average molecular weight is 242 g/mol. The number of ether oxygens (including phenoxy) is 1. The van der Waals surface area contributed by atoms with Crippen LogP contribution < -0.4 is 0 Å². The summed E-state index contributed by atoms with van der Waals surface area (Å²) in [5.41, 5.74) is 0. The van der Waals surface area contributed by atoms with Crippen LogP contribution in [0.2, 0.25) is 0 Å². The number of aliphatic carboxylic acids is 1. The number of carboxylic acid groups (broad SMARTS) is 1. The molecule has 0 aliphatic carbocycles. The van der Waals surface area contributed by atoms with Crippen LogP contribution in [0.3, 0.4) is 0 Å². The minimum atomic E-state index is -0.819. The van der Waals surface area contributed by atoms with Gasteiger partial charge in [0.1, 0.15) is 6.61 Å². The third-order valence-corrected chi connectivity index (χ3v) is 2.10. The van der Waals surface area contributed by atoms with E-state index in [9.17, 15) is 4.79 Å². The number of hydrogen-bond donors (Lipinski definition) is 1. The highest BCUT2D eigenvalue weighted by atomic mass is 16.5. The van der Waals surface area contributed by atoms with Crippen LogP contribution >= 0.6 is 0 Å². The fraction of sp³-hybridized carbons (Fsp3) is 0.727. The molecule has 0 amide bonds. The van der Waals surface area contributed by atoms with Gasteiger partial charge in [0.15, 0.2) is 0 Å². The Hall–Kier alpha value is -1.43. The Morgan fingerprint density at radius 2 is 2.00 bits per heavy atom. The summed E-state index contributed by atoms with van der Waals surface area (Å²) in [4.78, 5) is 10.5. The molecular weight excluding hydrogens is 224 g/mol. The third-order valence-electron chi connectivity index (χ3n) is 2.10. The Labute approximate surface area is 100.0 Å². The van der Waals surface area contributed by atoms with Crippen molar-refractivity contribution in [1.29, 1.82) is 0 Å². The van der Waals surface area contributed by atoms with Crippen molar-refractivity contribution in [3.63, 3.8) is 0 Å². The highest BCUT2D eigenvalue weighted by molar-refractivity contribution is 5.66. The maximum atomic E-state index is 10.5. The first kappa shape index (κ1) is 13.6. The van der Waals surface area contributed by atoms with Crippen LogP contribution in [-0.4, -0.2) is 27.4 Å². The molecule has 96 valence electrons. The molecule has 0 aliphatic rings. The van der Waals surface area contributed by atoms with Gasteiger partial charge in [-0.3, -0.25) is 4.79 Å². The second-order valence-corrected chi connectivity index (χ2v) is 4.36. The van der Waals surface area contributed by atoms with Gasteiger partial charge in [-0.1, -0.05) is 6.92 Å². The van der Waals surface area contributed by atoms with Gasteiger partial charge in [0.05, 0.1) is 6.10 Å². The van der Waals surface area contributed by atoms with Crippen molar-refractivity contribution in [3.8, 4) is 0 Å². The molecule has 0 bridgehead atoms. The quantitative estimate of drug-likeness (QED) is 0.782. The van der Waals surface area contributed by atoms with Gasteiger partial charge in [0.2, 0.25) is 11.8 Å². The molecule has 0 radical (unpaired) electrons. The summed E-state index contributed by atoms with van der Waals surface area (Å²) in [5, 5.41) is 16.3. The molecule has 1 rings (SSSR count). The van der Waals surface area contributed by atoms with Gasteiger partial charge in [-0.25, -0.2) is 0 Å². The van der Waals surface area contributed by atoms with Crippen LogP contribution in [0, 0.1) is 5.92 Å². The highest BCUT2D eigenvalue weighted by Crippen LogP contribution is 2.11. The van der Waals surface area contributed by atoms with Crippen molar-refractivity contribution in [3.05, 3.63) is 11.8 Å². The lowest BCUT2D eigenvalue weighted by atomic mass is 10.0. The van der Waals surface area contributed by atoms with Crippen LogP contribution in [0.25, 0.3) is 0 Å². The van der Waals surface area contributed by atoms with E-state index in [0.29, 0.717) is 18.2 Å². The van der Waals surface area contributed by atoms with Gasteiger partial charge < -0.3 is 14.3 Å². The Balaban J connectivity index is 2.42. The smallest absolute Gasteiger partial charge is 0.303 e. The highest BCUT2D eigenvalue weighted by Gasteiger charge is 2.13. The van der Waals surface area contributed by atoms with Gasteiger partial charge in [0.25, 0.3) is 0 Å². The minimum absolute atomic E-state index is 0.0215. The van der Waals surface area contributed by atoms with Crippen molar-refractivity contribution >= 4 is 5.97 Å². The van der Waals surface area contributed by atoms with E-state index in [-0.39, 0.29) is 25.0 Å². The number of nitrogens with zero attached hydrogens (tertiary/aromatic N) is 2. The zero-order valence-electron chi connectivity index (χ0n) is 10.3. The van der Waals surface area contributed by atoms with E-state index in [1.807, 2.05) is 20.8 Å². The summed E-state index contributed by atoms with van der Waals surface area (Å²) in [6.07, 6.45) is 0.678. The molecular formula is C11H18N2O4. The molecule has 1 unspecified atom stereocenters. The molecule has 1 N–H and O–H groups in total. The zero-order valence-corrected chi connectivity index (χ0v) is 10.3. The van der Waals surface area contributed by atoms with Crippen molar-refractivity contribution < 1.29 is 19.1 Å². The Kier molecular flexibility index (Phi) is 5.09. The predicted octanol–water partition coefficient (Wildman–Crippen LogP) is 1.65. The average Bonchev–Trinajstić information content (AvgIpc) is 2.61. The molecule has 6 nitrogen and oxygen atoms in total. The van der Waals surface area contributed by atoms with E-state index in [0.717, 1.165) is 0 Å². The maximum Gasteiger partial charge on any atom is 0.303 e. The summed E-state index contributed by atoms with van der Waals surface area (Å²) < 4.78 is 10.7. The largest absolute Gasteiger partial charge is 0.481 e. The molecule has 1 aromatic rings. The van der Waals surface area contributed by atoms with Gasteiger partial charge in [-0.05, 0) is 19.8 Å². The number of aromatic nitrogens is 2. The molecule has 0 aromatic carbocycles. The molecule has 1 aromatic heterocycles. The van der Waals surface area contributed by atoms with Crippen molar-refractivity contribution in [1.82, 2.24) is 10.2 Å². The first-order chi connectivity index (χ1) is 7.97. The maximum absolute atomic E-state index is 10.5. The second kappa shape index (κ2) is 6.34. The number of carbonyl (C=O) groups is 1. The van der Waals surface area contributed by atoms with Gasteiger partial charge >= 0.3 is 5.97 Å². The fourth-order valence-electron chi connectivity index (χ4n) is 1.34. The standard InChI is InChI=1S/C11H18N2O4/c1-7(2)16-6-10-13-12-9(17-10)4-8(3)5-11(14)15/h7-8H,4-6H2,1-3H3,(H,14,15). The van der Waals surface area contributed by atoms with Crippen molar-refractivity contribution in [2.75, 3.05) is 0 Å². The first-order valence-electron chi connectivity index (χ1n) is 5.62. The van der Waals surface area contributed by atoms with Crippen molar-refractivity contribution in [2.24, 2.45) is 5.92 Å². The van der Waals surface area contributed by atoms with Crippen molar-refractivity contribution in [2.45, 2.75) is 46.3 Å². The normalized spacial score (nSPS) is 12.9. The third kappa shape index (κ3) is 5.44. The van der Waals surface area contributed by atoms with Gasteiger partial charge in [0, 0.05) is 12.8 Å². The van der Waals surface area contributed by atoms with E-state index in [1.54, 1.807) is 0 Å². The SMILES string of the molecule is CC(CC(=O)O)Cc1nnc(COC(C)C)o1. The van der Waals surface area contributed by atoms with Crippen LogP contribution in [-0.2, 0) is 22.6 Å². The topological polar surface area (TPSA) is 85.5 Å². The van der Waals surface area contributed by atoms with Crippen LogP contribution in [0.5, 0.6) is 0 Å². The molecule has 0 aliphatic heterocycles. The zero-order chi connectivity index (χ0) is 12.8. The Bertz CT molecular complexity index is 362. The predicted molar refractivity (Wildman–Crippen MR) is 59.3 cm³/mol. The van der Waals surface area contributed by atoms with Crippen LogP contribution in [0.4, 0.5) is 0 Å². The summed E-state index contributed by atoms with van der Waals surface area (Å²) in [6, 6.07) is 0. The van der Waals surface area contributed by atoms with E-state index >= 15 is 0 Å². The second-order valence-electron chi connectivity index (χ2n) is 4.36. The van der Waals surface area contributed by atoms with E-state index in [4.69, 9.17) is 14.3 Å². The van der Waals surface area contributed by atoms with E-state index in [2.05, 4.69) is 10.2 Å². The van der Waals surface area contributed by atoms with Crippen LogP contribution in [0.15, 0.2) is 4.42 Å². The summed E-state index contributed by atoms with van der Waals surface area (Å²) in [7, 11) is 0. The summed E-state index contributed by atoms with van der Waals surface area (Å²) in [6.45, 7) is 5.97. The molecule has 1 heterocycles. The minimum Gasteiger partial charge on any atom is -0.481 e. The molecule has 0 saturated heterocycles. The molecule has 0 fully saturated rings. The molecule has 0 spiro atoms. The monoisotopic (exact) mass is 242 g/mol. The molecule has 6 heteroatoms. The number of carboxylic acids is 1. The lowest BCUT2D eigenvalue weighted by Crippen LogP contribution is -2.07. The molecule has 1 atom stereocenters. The van der Waals surface area contributed by atoms with Gasteiger partial charge in [-0.2, -0.15) is 0 Å². The van der Waals surface area contributed by atoms with Crippen LogP contribution in [0.1, 0.15) is 39.0 Å². The Morgan fingerprint density at radius 1 is 1.35 bits per heavy atom. The number of hydrogen-bond acceptors (Lipinski definition) is 5. The Morgan fingerprint density at radius 3 is 2.59 bits per heavy atom. The fourth-order valence-corrected chi connectivity index (χ4v) is 1.34. The summed E-state index contributed by atoms with van der Waals surface area (Å²) in [5.74, 6) is 0.0459. The first-order valence-corrected chi connectivity index (χ1v) is 5.62. The lowest BCUT2D eigenvalue weighted by Gasteiger charge is -2.04. The number of rotatable bonds is 7. The van der Waals surface area contributed by atoms with E-state index < -0.39 is 5.97 Å². The molecule has 0 saturated carbocycles. The van der Waals surface area contributed by atoms with Gasteiger partial charge in [-0.15, -0.1) is 10.2 Å². The van der Waals surface area contributed by atoms with E-state index in [1.165, 1.54) is 0 Å².